The highest BCUT2D eigenvalue weighted by atomic mass is 32.2. The van der Waals surface area contributed by atoms with Gasteiger partial charge in [-0.15, -0.1) is 0 Å². The zero-order chi connectivity index (χ0) is 19.6. The maximum atomic E-state index is 13.0. The minimum atomic E-state index is -3.69. The topological polar surface area (TPSA) is 75.7 Å². The van der Waals surface area contributed by atoms with E-state index in [-0.39, 0.29) is 23.0 Å². The summed E-state index contributed by atoms with van der Waals surface area (Å²) in [6.45, 7) is 6.20. The normalized spacial score (nSPS) is 21.0. The number of amides is 1. The Hall–Kier alpha value is -2.22. The van der Waals surface area contributed by atoms with Crippen molar-refractivity contribution in [2.45, 2.75) is 37.9 Å². The minimum absolute atomic E-state index is 0.112. The minimum Gasteiger partial charge on any atom is -0.373 e. The molecule has 1 amide bonds. The molecule has 7 heteroatoms. The first-order valence-corrected chi connectivity index (χ1v) is 10.3. The Labute approximate surface area is 160 Å². The predicted octanol–water partition coefficient (Wildman–Crippen LogP) is 3.05. The molecule has 0 aromatic heterocycles. The second kappa shape index (κ2) is 7.80. The lowest BCUT2D eigenvalue weighted by Gasteiger charge is -2.34. The molecule has 6 nitrogen and oxygen atoms in total. The Balaban J connectivity index is 1.84. The lowest BCUT2D eigenvalue weighted by atomic mass is 10.1. The number of aryl methyl sites for hydroxylation is 1. The smallest absolute Gasteiger partial charge is 0.255 e. The molecule has 0 bridgehead atoms. The second-order valence-electron chi connectivity index (χ2n) is 6.88. The van der Waals surface area contributed by atoms with Crippen LogP contribution in [0.3, 0.4) is 0 Å². The molecule has 1 saturated heterocycles. The van der Waals surface area contributed by atoms with E-state index in [4.69, 9.17) is 4.74 Å². The first kappa shape index (κ1) is 19.5. The van der Waals surface area contributed by atoms with Gasteiger partial charge in [0.2, 0.25) is 10.0 Å². The molecule has 2 aromatic carbocycles. The number of morpholine rings is 1. The van der Waals surface area contributed by atoms with E-state index >= 15 is 0 Å². The summed E-state index contributed by atoms with van der Waals surface area (Å²) in [5, 5.41) is 2.83. The fraction of sp³-hybridized carbons (Fsp3) is 0.350. The van der Waals surface area contributed by atoms with E-state index in [1.807, 2.05) is 45.0 Å². The number of para-hydroxylation sites is 1. The fourth-order valence-electron chi connectivity index (χ4n) is 3.18. The van der Waals surface area contributed by atoms with Gasteiger partial charge < -0.3 is 10.1 Å². The molecule has 0 spiro atoms. The number of ether oxygens (including phenoxy) is 1. The van der Waals surface area contributed by atoms with Gasteiger partial charge in [-0.25, -0.2) is 8.42 Å². The van der Waals surface area contributed by atoms with Crippen LogP contribution in [0.5, 0.6) is 0 Å². The summed E-state index contributed by atoms with van der Waals surface area (Å²) in [5.74, 6) is -0.343. The third-order valence-corrected chi connectivity index (χ3v) is 6.34. The van der Waals surface area contributed by atoms with Crippen molar-refractivity contribution >= 4 is 21.6 Å². The van der Waals surface area contributed by atoms with E-state index in [1.54, 1.807) is 12.1 Å². The van der Waals surface area contributed by atoms with E-state index < -0.39 is 10.0 Å². The Morgan fingerprint density at radius 1 is 1.07 bits per heavy atom. The van der Waals surface area contributed by atoms with Crippen molar-refractivity contribution in [3.05, 3.63) is 59.7 Å². The van der Waals surface area contributed by atoms with Crippen LogP contribution in [0.2, 0.25) is 0 Å². The fourth-order valence-corrected chi connectivity index (χ4v) is 4.82. The highest BCUT2D eigenvalue weighted by molar-refractivity contribution is 7.89. The van der Waals surface area contributed by atoms with Crippen LogP contribution in [0.1, 0.15) is 29.8 Å². The van der Waals surface area contributed by atoms with Gasteiger partial charge in [0, 0.05) is 24.3 Å². The van der Waals surface area contributed by atoms with Gasteiger partial charge >= 0.3 is 0 Å². The van der Waals surface area contributed by atoms with Gasteiger partial charge in [-0.3, -0.25) is 4.79 Å². The molecule has 0 aliphatic carbocycles. The molecule has 1 heterocycles. The molecule has 0 saturated carbocycles. The highest BCUT2D eigenvalue weighted by Gasteiger charge is 2.32. The average Bonchev–Trinajstić information content (AvgIpc) is 2.63. The van der Waals surface area contributed by atoms with Gasteiger partial charge in [-0.2, -0.15) is 4.31 Å². The van der Waals surface area contributed by atoms with Gasteiger partial charge in [-0.1, -0.05) is 24.3 Å². The molecule has 1 aliphatic rings. The van der Waals surface area contributed by atoms with Crippen molar-refractivity contribution in [1.82, 2.24) is 4.31 Å². The van der Waals surface area contributed by atoms with Crippen LogP contribution < -0.4 is 5.32 Å². The summed E-state index contributed by atoms with van der Waals surface area (Å²) in [4.78, 5) is 12.7. The summed E-state index contributed by atoms with van der Waals surface area (Å²) in [6, 6.07) is 13.6. The van der Waals surface area contributed by atoms with E-state index in [0.29, 0.717) is 24.3 Å². The van der Waals surface area contributed by atoms with Crippen molar-refractivity contribution in [2.75, 3.05) is 18.4 Å². The number of carbonyl (C=O) groups is 1. The number of nitrogens with zero attached hydrogens (tertiary/aromatic N) is 1. The number of hydrogen-bond donors (Lipinski definition) is 1. The largest absolute Gasteiger partial charge is 0.373 e. The molecule has 27 heavy (non-hydrogen) atoms. The molecule has 2 unspecified atom stereocenters. The molecule has 1 aliphatic heterocycles. The van der Waals surface area contributed by atoms with Gasteiger partial charge in [0.1, 0.15) is 0 Å². The van der Waals surface area contributed by atoms with Crippen LogP contribution >= 0.6 is 0 Å². The highest BCUT2D eigenvalue weighted by Crippen LogP contribution is 2.22. The van der Waals surface area contributed by atoms with Crippen molar-refractivity contribution in [3.63, 3.8) is 0 Å². The third kappa shape index (κ3) is 4.37. The predicted molar refractivity (Wildman–Crippen MR) is 104 cm³/mol. The first-order chi connectivity index (χ1) is 12.8. The van der Waals surface area contributed by atoms with E-state index in [0.717, 1.165) is 5.56 Å². The summed E-state index contributed by atoms with van der Waals surface area (Å²) >= 11 is 0. The molecule has 1 N–H and O–H groups in total. The van der Waals surface area contributed by atoms with E-state index in [2.05, 4.69) is 5.32 Å². The number of sulfonamides is 1. The maximum absolute atomic E-state index is 13.0. The Bertz CT molecular complexity index is 933. The van der Waals surface area contributed by atoms with Gasteiger partial charge in [-0.05, 0) is 50.6 Å². The summed E-state index contributed by atoms with van der Waals surface area (Å²) < 4.78 is 33.0. The Kier molecular flexibility index (Phi) is 5.64. The van der Waals surface area contributed by atoms with Crippen LogP contribution in [0, 0.1) is 6.92 Å². The quantitative estimate of drug-likeness (QED) is 0.873. The number of benzene rings is 2. The number of nitrogens with one attached hydrogen (secondary N) is 1. The third-order valence-electron chi connectivity index (χ3n) is 4.51. The average molecular weight is 388 g/mol. The molecule has 2 aromatic rings. The second-order valence-corrected chi connectivity index (χ2v) is 8.81. The summed E-state index contributed by atoms with van der Waals surface area (Å²) in [6.07, 6.45) is -0.341. The lowest BCUT2D eigenvalue weighted by Crippen LogP contribution is -2.48. The van der Waals surface area contributed by atoms with Crippen LogP contribution in [-0.2, 0) is 14.8 Å². The molecule has 144 valence electrons. The molecule has 2 atom stereocenters. The number of carbonyl (C=O) groups excluding carboxylic acids is 1. The van der Waals surface area contributed by atoms with Crippen molar-refractivity contribution in [2.24, 2.45) is 0 Å². The molecule has 0 radical (unpaired) electrons. The van der Waals surface area contributed by atoms with Crippen LogP contribution in [0.15, 0.2) is 53.4 Å². The summed E-state index contributed by atoms with van der Waals surface area (Å²) in [7, 11) is -3.69. The van der Waals surface area contributed by atoms with Crippen molar-refractivity contribution in [3.8, 4) is 0 Å². The molecular formula is C20H24N2O4S. The van der Waals surface area contributed by atoms with Crippen LogP contribution in [0.4, 0.5) is 5.69 Å². The zero-order valence-electron chi connectivity index (χ0n) is 15.7. The number of hydrogen-bond acceptors (Lipinski definition) is 4. The van der Waals surface area contributed by atoms with Crippen molar-refractivity contribution < 1.29 is 17.9 Å². The molecule has 3 rings (SSSR count). The van der Waals surface area contributed by atoms with Crippen LogP contribution in [0.25, 0.3) is 0 Å². The maximum Gasteiger partial charge on any atom is 0.255 e. The van der Waals surface area contributed by atoms with Crippen molar-refractivity contribution in [1.29, 1.82) is 0 Å². The van der Waals surface area contributed by atoms with Gasteiger partial charge in [0.05, 0.1) is 17.1 Å². The summed E-state index contributed by atoms with van der Waals surface area (Å²) in [5.41, 5.74) is 1.94. The molecule has 1 fully saturated rings. The zero-order valence-corrected chi connectivity index (χ0v) is 16.5. The Morgan fingerprint density at radius 2 is 1.74 bits per heavy atom. The SMILES string of the molecule is Cc1ccccc1NC(=O)c1cccc(S(=O)(=O)N2CC(C)OC(C)C2)c1. The first-order valence-electron chi connectivity index (χ1n) is 8.90. The van der Waals surface area contributed by atoms with E-state index in [9.17, 15) is 13.2 Å². The number of anilines is 1. The van der Waals surface area contributed by atoms with Gasteiger partial charge in [0.15, 0.2) is 0 Å². The standard InChI is InChI=1S/C20H24N2O4S/c1-14-7-4-5-10-19(14)21-20(23)17-8-6-9-18(11-17)27(24,25)22-12-15(2)26-16(3)13-22/h4-11,15-16H,12-13H2,1-3H3,(H,21,23). The lowest BCUT2D eigenvalue weighted by molar-refractivity contribution is -0.0440. The van der Waals surface area contributed by atoms with Crippen LogP contribution in [-0.4, -0.2) is 43.9 Å². The van der Waals surface area contributed by atoms with E-state index in [1.165, 1.54) is 16.4 Å². The van der Waals surface area contributed by atoms with Gasteiger partial charge in [0.25, 0.3) is 5.91 Å². The Morgan fingerprint density at radius 3 is 2.41 bits per heavy atom. The molecular weight excluding hydrogens is 364 g/mol. The monoisotopic (exact) mass is 388 g/mol. The number of rotatable bonds is 4.